The minimum absolute atomic E-state index is 0. The second kappa shape index (κ2) is 2.92. The standard InChI is InChI=1S/C7H8N3.BrH/c8-10-6-5-9-4-2-1-3-7(9)10;/h1-6H,8H2;1H/q+1;/p-1. The molecule has 0 fully saturated rings. The molecule has 2 N–H and O–H groups in total. The van der Waals surface area contributed by atoms with E-state index < -0.39 is 0 Å². The van der Waals surface area contributed by atoms with E-state index in [4.69, 9.17) is 5.84 Å². The molecular weight excluding hydrogens is 206 g/mol. The maximum Gasteiger partial charge on any atom is 0.309 e. The average molecular weight is 214 g/mol. The highest BCUT2D eigenvalue weighted by atomic mass is 79.9. The van der Waals surface area contributed by atoms with Gasteiger partial charge >= 0.3 is 5.65 Å². The predicted molar refractivity (Wildman–Crippen MR) is 37.7 cm³/mol. The zero-order chi connectivity index (χ0) is 6.97. The monoisotopic (exact) mass is 213 g/mol. The van der Waals surface area contributed by atoms with Crippen LogP contribution in [-0.4, -0.2) is 4.68 Å². The second-order valence-electron chi connectivity index (χ2n) is 2.17. The van der Waals surface area contributed by atoms with Gasteiger partial charge in [-0.25, -0.2) is 4.40 Å². The molecule has 0 saturated carbocycles. The van der Waals surface area contributed by atoms with Gasteiger partial charge in [-0.05, 0) is 6.07 Å². The number of rotatable bonds is 0. The zero-order valence-electron chi connectivity index (χ0n) is 5.81. The third-order valence-corrected chi connectivity index (χ3v) is 1.52. The maximum absolute atomic E-state index is 5.57. The lowest BCUT2D eigenvalue weighted by atomic mass is 10.5. The van der Waals surface area contributed by atoms with Crippen molar-refractivity contribution in [3.05, 3.63) is 36.8 Å². The Morgan fingerprint density at radius 1 is 1.27 bits per heavy atom. The van der Waals surface area contributed by atoms with Crippen molar-refractivity contribution in [2.75, 3.05) is 5.84 Å². The normalized spacial score (nSPS) is 9.45. The number of imidazole rings is 1. The van der Waals surface area contributed by atoms with Gasteiger partial charge in [0.25, 0.3) is 0 Å². The number of fused-ring (bicyclic) bond motifs is 1. The van der Waals surface area contributed by atoms with Crippen LogP contribution in [0.4, 0.5) is 0 Å². The van der Waals surface area contributed by atoms with E-state index in [0.29, 0.717) is 0 Å². The van der Waals surface area contributed by atoms with Crippen LogP contribution < -0.4 is 27.2 Å². The van der Waals surface area contributed by atoms with Gasteiger partial charge < -0.3 is 17.0 Å². The number of aromatic nitrogens is 2. The van der Waals surface area contributed by atoms with E-state index in [0.717, 1.165) is 5.65 Å². The molecule has 0 aliphatic heterocycles. The Morgan fingerprint density at radius 2 is 2.09 bits per heavy atom. The molecule has 4 heteroatoms. The van der Waals surface area contributed by atoms with Gasteiger partial charge in [-0.2, -0.15) is 0 Å². The molecule has 0 radical (unpaired) electrons. The average Bonchev–Trinajstić information content (AvgIpc) is 2.34. The Hall–Kier alpha value is -1.03. The molecule has 0 amide bonds. The molecular formula is C7H8BrN3. The van der Waals surface area contributed by atoms with Crippen molar-refractivity contribution in [3.63, 3.8) is 0 Å². The van der Waals surface area contributed by atoms with Crippen molar-refractivity contribution in [3.8, 4) is 0 Å². The van der Waals surface area contributed by atoms with Crippen LogP contribution in [0.3, 0.4) is 0 Å². The molecule has 0 bridgehead atoms. The fourth-order valence-corrected chi connectivity index (χ4v) is 1.01. The highest BCUT2D eigenvalue weighted by molar-refractivity contribution is 5.29. The third-order valence-electron chi connectivity index (χ3n) is 1.52. The highest BCUT2D eigenvalue weighted by Crippen LogP contribution is 1.91. The van der Waals surface area contributed by atoms with Crippen molar-refractivity contribution < 1.29 is 21.4 Å². The number of nitrogens with zero attached hydrogens (tertiary/aromatic N) is 2. The van der Waals surface area contributed by atoms with Crippen molar-refractivity contribution in [2.24, 2.45) is 0 Å². The molecule has 0 aliphatic rings. The molecule has 0 unspecified atom stereocenters. The van der Waals surface area contributed by atoms with Gasteiger partial charge in [-0.3, -0.25) is 5.84 Å². The minimum Gasteiger partial charge on any atom is -1.00 e. The molecule has 11 heavy (non-hydrogen) atoms. The summed E-state index contributed by atoms with van der Waals surface area (Å²) in [7, 11) is 0. The van der Waals surface area contributed by atoms with Crippen LogP contribution in [0.25, 0.3) is 5.65 Å². The molecule has 2 aromatic rings. The first-order valence-corrected chi connectivity index (χ1v) is 3.10. The quantitative estimate of drug-likeness (QED) is 0.367. The molecule has 58 valence electrons. The summed E-state index contributed by atoms with van der Waals surface area (Å²) in [5.74, 6) is 5.57. The topological polar surface area (TPSA) is 35.0 Å². The Bertz CT molecular complexity index is 355. The number of hydrogen-bond donors (Lipinski definition) is 1. The fraction of sp³-hybridized carbons (Fsp3) is 0. The van der Waals surface area contributed by atoms with Crippen LogP contribution in [0.2, 0.25) is 0 Å². The molecule has 2 aromatic heterocycles. The van der Waals surface area contributed by atoms with Crippen LogP contribution in [0, 0.1) is 0 Å². The minimum atomic E-state index is 0. The molecule has 0 aromatic carbocycles. The number of pyridine rings is 1. The summed E-state index contributed by atoms with van der Waals surface area (Å²) < 4.78 is 3.54. The van der Waals surface area contributed by atoms with Gasteiger partial charge in [0.05, 0.1) is 6.20 Å². The molecule has 0 aliphatic carbocycles. The lowest BCUT2D eigenvalue weighted by Gasteiger charge is -1.83. The Morgan fingerprint density at radius 3 is 2.82 bits per heavy atom. The van der Waals surface area contributed by atoms with E-state index in [2.05, 4.69) is 0 Å². The van der Waals surface area contributed by atoms with E-state index >= 15 is 0 Å². The van der Waals surface area contributed by atoms with Crippen molar-refractivity contribution in [1.29, 1.82) is 0 Å². The largest absolute Gasteiger partial charge is 1.00 e. The van der Waals surface area contributed by atoms with Crippen molar-refractivity contribution in [1.82, 2.24) is 4.68 Å². The number of nitrogen functional groups attached to an aromatic ring is 1. The van der Waals surface area contributed by atoms with E-state index in [-0.39, 0.29) is 17.0 Å². The summed E-state index contributed by atoms with van der Waals surface area (Å²) in [5, 5.41) is 0. The first kappa shape index (κ1) is 8.07. The van der Waals surface area contributed by atoms with Gasteiger partial charge in [0.2, 0.25) is 0 Å². The summed E-state index contributed by atoms with van der Waals surface area (Å²) in [4.78, 5) is 0. The van der Waals surface area contributed by atoms with Gasteiger partial charge in [-0.15, -0.1) is 4.68 Å². The Labute approximate surface area is 74.8 Å². The lowest BCUT2D eigenvalue weighted by molar-refractivity contribution is -0.510. The van der Waals surface area contributed by atoms with E-state index in [9.17, 15) is 0 Å². The lowest BCUT2D eigenvalue weighted by Crippen LogP contribution is -3.00. The SMILES string of the molecule is Nn1cc[n+]2ccccc12.[Br-]. The van der Waals surface area contributed by atoms with E-state index in [1.807, 2.05) is 41.2 Å². The maximum atomic E-state index is 5.57. The smallest absolute Gasteiger partial charge is 0.309 e. The molecule has 0 spiro atoms. The number of hydrogen-bond acceptors (Lipinski definition) is 1. The molecule has 0 atom stereocenters. The summed E-state index contributed by atoms with van der Waals surface area (Å²) in [6.07, 6.45) is 5.68. The van der Waals surface area contributed by atoms with Gasteiger partial charge in [0.1, 0.15) is 6.20 Å². The summed E-state index contributed by atoms with van der Waals surface area (Å²) in [5.41, 5.74) is 0.988. The Kier molecular flexibility index (Phi) is 2.14. The molecule has 2 heterocycles. The van der Waals surface area contributed by atoms with Gasteiger partial charge in [0, 0.05) is 6.07 Å². The first-order chi connectivity index (χ1) is 4.88. The predicted octanol–water partition coefficient (Wildman–Crippen LogP) is -3.06. The van der Waals surface area contributed by atoms with E-state index in [1.54, 1.807) is 4.68 Å². The van der Waals surface area contributed by atoms with Gasteiger partial charge in [-0.1, -0.05) is 6.07 Å². The van der Waals surface area contributed by atoms with Crippen LogP contribution >= 0.6 is 0 Å². The molecule has 3 nitrogen and oxygen atoms in total. The summed E-state index contributed by atoms with van der Waals surface area (Å²) >= 11 is 0. The summed E-state index contributed by atoms with van der Waals surface area (Å²) in [6, 6.07) is 5.88. The fourth-order valence-electron chi connectivity index (χ4n) is 1.01. The number of nitrogens with two attached hydrogens (primary N) is 1. The van der Waals surface area contributed by atoms with Crippen LogP contribution in [-0.2, 0) is 0 Å². The van der Waals surface area contributed by atoms with Gasteiger partial charge in [0.15, 0.2) is 6.20 Å². The number of halogens is 1. The Balaban J connectivity index is 0.000000605. The second-order valence-corrected chi connectivity index (χ2v) is 2.17. The van der Waals surface area contributed by atoms with Crippen LogP contribution in [0.1, 0.15) is 0 Å². The first-order valence-electron chi connectivity index (χ1n) is 3.10. The van der Waals surface area contributed by atoms with E-state index in [1.165, 1.54) is 0 Å². The van der Waals surface area contributed by atoms with Crippen LogP contribution in [0.15, 0.2) is 36.8 Å². The summed E-state index contributed by atoms with van der Waals surface area (Å²) in [6.45, 7) is 0. The molecule has 2 rings (SSSR count). The van der Waals surface area contributed by atoms with Crippen molar-refractivity contribution in [2.45, 2.75) is 0 Å². The van der Waals surface area contributed by atoms with Crippen molar-refractivity contribution >= 4 is 5.65 Å². The molecule has 0 saturated heterocycles. The third kappa shape index (κ3) is 1.21. The zero-order valence-corrected chi connectivity index (χ0v) is 7.40. The highest BCUT2D eigenvalue weighted by Gasteiger charge is 2.02. The van der Waals surface area contributed by atoms with Crippen LogP contribution in [0.5, 0.6) is 0 Å².